The van der Waals surface area contributed by atoms with E-state index in [9.17, 15) is 0 Å². The van der Waals surface area contributed by atoms with E-state index in [4.69, 9.17) is 5.11 Å². The van der Waals surface area contributed by atoms with E-state index >= 15 is 0 Å². The first-order valence-electron chi connectivity index (χ1n) is 7.35. The molecule has 0 radical (unpaired) electrons. The van der Waals surface area contributed by atoms with E-state index in [2.05, 4.69) is 24.1 Å². The Balaban J connectivity index is 2.21. The van der Waals surface area contributed by atoms with Crippen LogP contribution < -0.4 is 5.32 Å². The lowest BCUT2D eigenvalue weighted by Crippen LogP contribution is -2.37. The summed E-state index contributed by atoms with van der Waals surface area (Å²) in [7, 11) is 0. The fourth-order valence-corrected chi connectivity index (χ4v) is 2.75. The third kappa shape index (κ3) is 6.39. The first-order chi connectivity index (χ1) is 8.26. The van der Waals surface area contributed by atoms with Gasteiger partial charge in [0.25, 0.3) is 0 Å². The molecule has 1 rings (SSSR count). The maximum Gasteiger partial charge on any atom is 0.0431 e. The SMILES string of the molecule is CCCN1CCCC(NC(C)CCCO)CC1. The van der Waals surface area contributed by atoms with Gasteiger partial charge >= 0.3 is 0 Å². The highest BCUT2D eigenvalue weighted by Gasteiger charge is 2.17. The van der Waals surface area contributed by atoms with Gasteiger partial charge in [0.2, 0.25) is 0 Å². The Hall–Kier alpha value is -0.120. The average molecular weight is 242 g/mol. The first kappa shape index (κ1) is 14.9. The molecule has 2 atom stereocenters. The van der Waals surface area contributed by atoms with Gasteiger partial charge in [0.05, 0.1) is 0 Å². The zero-order valence-corrected chi connectivity index (χ0v) is 11.6. The molecule has 1 aliphatic heterocycles. The van der Waals surface area contributed by atoms with Crippen molar-refractivity contribution in [3.63, 3.8) is 0 Å². The Morgan fingerprint density at radius 3 is 2.88 bits per heavy atom. The number of aliphatic hydroxyl groups is 1. The van der Waals surface area contributed by atoms with Gasteiger partial charge in [-0.25, -0.2) is 0 Å². The van der Waals surface area contributed by atoms with Crippen LogP contribution in [-0.4, -0.2) is 48.3 Å². The predicted molar refractivity (Wildman–Crippen MR) is 73.3 cm³/mol. The summed E-state index contributed by atoms with van der Waals surface area (Å²) in [5.41, 5.74) is 0. The van der Waals surface area contributed by atoms with Crippen LogP contribution in [0, 0.1) is 0 Å². The second-order valence-corrected chi connectivity index (χ2v) is 5.40. The molecular weight excluding hydrogens is 212 g/mol. The van der Waals surface area contributed by atoms with Crippen molar-refractivity contribution in [2.75, 3.05) is 26.2 Å². The van der Waals surface area contributed by atoms with Crippen molar-refractivity contribution in [3.8, 4) is 0 Å². The van der Waals surface area contributed by atoms with Gasteiger partial charge in [-0.15, -0.1) is 0 Å². The number of hydrogen-bond donors (Lipinski definition) is 2. The lowest BCUT2D eigenvalue weighted by atomic mass is 10.1. The third-order valence-corrected chi connectivity index (χ3v) is 3.68. The highest BCUT2D eigenvalue weighted by Crippen LogP contribution is 2.12. The second-order valence-electron chi connectivity index (χ2n) is 5.40. The van der Waals surface area contributed by atoms with E-state index in [1.807, 2.05) is 0 Å². The van der Waals surface area contributed by atoms with Crippen molar-refractivity contribution in [2.24, 2.45) is 0 Å². The molecule has 1 saturated heterocycles. The summed E-state index contributed by atoms with van der Waals surface area (Å²) < 4.78 is 0. The number of hydrogen-bond acceptors (Lipinski definition) is 3. The van der Waals surface area contributed by atoms with Crippen molar-refractivity contribution in [1.29, 1.82) is 0 Å². The molecule has 3 nitrogen and oxygen atoms in total. The number of rotatable bonds is 7. The average Bonchev–Trinajstić information content (AvgIpc) is 2.53. The van der Waals surface area contributed by atoms with E-state index < -0.39 is 0 Å². The Labute approximate surface area is 107 Å². The summed E-state index contributed by atoms with van der Waals surface area (Å²) in [5.74, 6) is 0. The molecule has 102 valence electrons. The fraction of sp³-hybridized carbons (Fsp3) is 1.00. The van der Waals surface area contributed by atoms with Crippen LogP contribution in [0.5, 0.6) is 0 Å². The Bertz CT molecular complexity index is 187. The molecule has 3 heteroatoms. The number of likely N-dealkylation sites (tertiary alicyclic amines) is 1. The maximum atomic E-state index is 8.83. The predicted octanol–water partition coefficient (Wildman–Crippen LogP) is 2.00. The Morgan fingerprint density at radius 1 is 1.35 bits per heavy atom. The maximum absolute atomic E-state index is 8.83. The molecule has 0 bridgehead atoms. The lowest BCUT2D eigenvalue weighted by molar-refractivity contribution is 0.268. The van der Waals surface area contributed by atoms with Crippen molar-refractivity contribution in [1.82, 2.24) is 10.2 Å². The fourth-order valence-electron chi connectivity index (χ4n) is 2.75. The largest absolute Gasteiger partial charge is 0.396 e. The summed E-state index contributed by atoms with van der Waals surface area (Å²) in [6.45, 7) is 8.60. The summed E-state index contributed by atoms with van der Waals surface area (Å²) in [6.07, 6.45) is 7.19. The molecule has 0 aromatic rings. The quantitative estimate of drug-likeness (QED) is 0.717. The summed E-state index contributed by atoms with van der Waals surface area (Å²) in [6, 6.07) is 1.23. The van der Waals surface area contributed by atoms with Gasteiger partial charge in [0.15, 0.2) is 0 Å². The highest BCUT2D eigenvalue weighted by molar-refractivity contribution is 4.77. The zero-order chi connectivity index (χ0) is 12.5. The van der Waals surface area contributed by atoms with Crippen LogP contribution in [0.1, 0.15) is 52.4 Å². The van der Waals surface area contributed by atoms with Crippen LogP contribution in [0.25, 0.3) is 0 Å². The lowest BCUT2D eigenvalue weighted by Gasteiger charge is -2.22. The van der Waals surface area contributed by atoms with Crippen LogP contribution >= 0.6 is 0 Å². The zero-order valence-electron chi connectivity index (χ0n) is 11.6. The van der Waals surface area contributed by atoms with Gasteiger partial charge < -0.3 is 15.3 Å². The molecule has 1 aliphatic rings. The first-order valence-corrected chi connectivity index (χ1v) is 7.35. The third-order valence-electron chi connectivity index (χ3n) is 3.68. The van der Waals surface area contributed by atoms with Gasteiger partial charge in [-0.3, -0.25) is 0 Å². The molecule has 1 fully saturated rings. The second kappa shape index (κ2) is 8.90. The van der Waals surface area contributed by atoms with Gasteiger partial charge in [-0.05, 0) is 65.1 Å². The minimum atomic E-state index is 0.320. The van der Waals surface area contributed by atoms with Crippen LogP contribution in [-0.2, 0) is 0 Å². The van der Waals surface area contributed by atoms with Crippen molar-refractivity contribution in [2.45, 2.75) is 64.5 Å². The van der Waals surface area contributed by atoms with Crippen LogP contribution in [0.3, 0.4) is 0 Å². The van der Waals surface area contributed by atoms with Gasteiger partial charge in [-0.1, -0.05) is 6.92 Å². The Morgan fingerprint density at radius 2 is 2.18 bits per heavy atom. The van der Waals surface area contributed by atoms with Crippen LogP contribution in [0.15, 0.2) is 0 Å². The minimum Gasteiger partial charge on any atom is -0.396 e. The molecule has 0 aliphatic carbocycles. The highest BCUT2D eigenvalue weighted by atomic mass is 16.2. The number of nitrogens with zero attached hydrogens (tertiary/aromatic N) is 1. The van der Waals surface area contributed by atoms with Gasteiger partial charge in [-0.2, -0.15) is 0 Å². The topological polar surface area (TPSA) is 35.5 Å². The normalized spacial score (nSPS) is 24.5. The molecule has 17 heavy (non-hydrogen) atoms. The minimum absolute atomic E-state index is 0.320. The number of nitrogens with one attached hydrogen (secondary N) is 1. The molecule has 2 unspecified atom stereocenters. The molecule has 1 heterocycles. The van der Waals surface area contributed by atoms with E-state index in [0.717, 1.165) is 12.8 Å². The van der Waals surface area contributed by atoms with Crippen LogP contribution in [0.4, 0.5) is 0 Å². The van der Waals surface area contributed by atoms with E-state index in [0.29, 0.717) is 18.7 Å². The molecule has 0 spiro atoms. The standard InChI is InChI=1S/C14H30N2O/c1-3-9-16-10-4-7-14(8-11-16)15-13(2)6-5-12-17/h13-15,17H,3-12H2,1-2H3. The molecular formula is C14H30N2O. The summed E-state index contributed by atoms with van der Waals surface area (Å²) in [4.78, 5) is 2.60. The van der Waals surface area contributed by atoms with Crippen LogP contribution in [0.2, 0.25) is 0 Å². The molecule has 0 aromatic heterocycles. The monoisotopic (exact) mass is 242 g/mol. The molecule has 0 amide bonds. The van der Waals surface area contributed by atoms with Crippen molar-refractivity contribution >= 4 is 0 Å². The molecule has 0 aromatic carbocycles. The van der Waals surface area contributed by atoms with Gasteiger partial charge in [0, 0.05) is 18.7 Å². The van der Waals surface area contributed by atoms with E-state index in [1.165, 1.54) is 45.3 Å². The van der Waals surface area contributed by atoms with Gasteiger partial charge in [0.1, 0.15) is 0 Å². The van der Waals surface area contributed by atoms with E-state index in [1.54, 1.807) is 0 Å². The molecule has 2 N–H and O–H groups in total. The van der Waals surface area contributed by atoms with E-state index in [-0.39, 0.29) is 0 Å². The smallest absolute Gasteiger partial charge is 0.0431 e. The molecule has 0 saturated carbocycles. The summed E-state index contributed by atoms with van der Waals surface area (Å²) >= 11 is 0. The Kier molecular flexibility index (Phi) is 7.82. The van der Waals surface area contributed by atoms with Crippen molar-refractivity contribution in [3.05, 3.63) is 0 Å². The number of aliphatic hydroxyl groups excluding tert-OH is 1. The summed E-state index contributed by atoms with van der Waals surface area (Å²) in [5, 5.41) is 12.5. The van der Waals surface area contributed by atoms with Crippen molar-refractivity contribution < 1.29 is 5.11 Å².